The fourth-order valence-corrected chi connectivity index (χ4v) is 3.13. The fraction of sp³-hybridized carbons (Fsp3) is 0.118. The lowest BCUT2D eigenvalue weighted by atomic mass is 10.1. The molecule has 0 spiro atoms. The molecule has 1 amide bonds. The Morgan fingerprint density at radius 1 is 1.28 bits per heavy atom. The highest BCUT2D eigenvalue weighted by molar-refractivity contribution is 7.13. The van der Waals surface area contributed by atoms with Crippen LogP contribution in [0.5, 0.6) is 0 Å². The minimum atomic E-state index is -4.72. The number of pyridine rings is 1. The highest BCUT2D eigenvalue weighted by Crippen LogP contribution is 2.34. The monoisotopic (exact) mass is 423 g/mol. The van der Waals surface area contributed by atoms with E-state index in [2.05, 4.69) is 20.8 Å². The van der Waals surface area contributed by atoms with E-state index in [-0.39, 0.29) is 12.1 Å². The van der Waals surface area contributed by atoms with Gasteiger partial charge in [0.15, 0.2) is 0 Å². The smallest absolute Gasteiger partial charge is 0.292 e. The maximum Gasteiger partial charge on any atom is 0.416 e. The Hall–Kier alpha value is -3.54. The molecule has 8 nitrogen and oxygen atoms in total. The number of anilines is 1. The number of halogens is 3. The molecular formula is C17H12F3N5O3S. The van der Waals surface area contributed by atoms with Crippen LogP contribution in [0.1, 0.15) is 11.3 Å². The third-order valence-corrected chi connectivity index (χ3v) is 4.60. The van der Waals surface area contributed by atoms with E-state index in [4.69, 9.17) is 0 Å². The molecule has 2 heterocycles. The number of alkyl halides is 3. The number of benzene rings is 1. The number of nitrogens with one attached hydrogen (secondary N) is 2. The van der Waals surface area contributed by atoms with Gasteiger partial charge in [-0.3, -0.25) is 30.7 Å². The first kappa shape index (κ1) is 20.2. The number of thiazole rings is 1. The summed E-state index contributed by atoms with van der Waals surface area (Å²) in [6, 6.07) is 5.53. The molecule has 150 valence electrons. The van der Waals surface area contributed by atoms with Gasteiger partial charge < -0.3 is 0 Å². The average molecular weight is 423 g/mol. The zero-order valence-electron chi connectivity index (χ0n) is 14.4. The second-order valence-electron chi connectivity index (χ2n) is 5.72. The van der Waals surface area contributed by atoms with Crippen molar-refractivity contribution >= 4 is 28.6 Å². The molecule has 0 unspecified atom stereocenters. The highest BCUT2D eigenvalue weighted by atomic mass is 32.1. The van der Waals surface area contributed by atoms with Gasteiger partial charge in [-0.05, 0) is 24.3 Å². The molecule has 0 aliphatic heterocycles. The van der Waals surface area contributed by atoms with Crippen molar-refractivity contribution in [3.8, 4) is 10.6 Å². The van der Waals surface area contributed by atoms with Crippen LogP contribution in [0.25, 0.3) is 10.6 Å². The number of aromatic nitrogens is 2. The van der Waals surface area contributed by atoms with E-state index in [9.17, 15) is 28.1 Å². The van der Waals surface area contributed by atoms with Gasteiger partial charge >= 0.3 is 6.18 Å². The maximum absolute atomic E-state index is 12.7. The molecule has 3 aromatic rings. The maximum atomic E-state index is 12.7. The molecule has 0 aliphatic rings. The molecule has 2 aromatic heterocycles. The van der Waals surface area contributed by atoms with E-state index in [0.29, 0.717) is 22.8 Å². The second-order valence-corrected chi connectivity index (χ2v) is 6.58. The Labute approximate surface area is 165 Å². The van der Waals surface area contributed by atoms with Gasteiger partial charge in [-0.2, -0.15) is 13.2 Å². The van der Waals surface area contributed by atoms with Gasteiger partial charge in [0.05, 0.1) is 22.6 Å². The summed E-state index contributed by atoms with van der Waals surface area (Å²) in [6.45, 7) is 0. The number of hydrogen-bond donors (Lipinski definition) is 2. The Morgan fingerprint density at radius 3 is 2.72 bits per heavy atom. The van der Waals surface area contributed by atoms with Crippen LogP contribution in [-0.4, -0.2) is 20.8 Å². The molecule has 0 saturated heterocycles. The third kappa shape index (κ3) is 5.04. The van der Waals surface area contributed by atoms with Crippen molar-refractivity contribution in [3.05, 3.63) is 69.5 Å². The van der Waals surface area contributed by atoms with Crippen molar-refractivity contribution in [1.82, 2.24) is 15.4 Å². The van der Waals surface area contributed by atoms with Crippen LogP contribution in [0, 0.1) is 10.1 Å². The average Bonchev–Trinajstić information content (AvgIpc) is 3.14. The number of nitro benzene ring substituents is 1. The van der Waals surface area contributed by atoms with Crippen molar-refractivity contribution in [1.29, 1.82) is 0 Å². The SMILES string of the molecule is O=C(Cc1csc(-c2cccnc2)n1)NNc1ccc(C(F)(F)F)cc1[N+](=O)[O-]. The number of amides is 1. The van der Waals surface area contributed by atoms with Crippen LogP contribution in [-0.2, 0) is 17.4 Å². The largest absolute Gasteiger partial charge is 0.416 e. The number of nitrogens with zero attached hydrogens (tertiary/aromatic N) is 3. The molecule has 12 heteroatoms. The number of hydrogen-bond acceptors (Lipinski definition) is 7. The zero-order chi connectivity index (χ0) is 21.0. The third-order valence-electron chi connectivity index (χ3n) is 3.66. The molecule has 0 radical (unpaired) electrons. The van der Waals surface area contributed by atoms with Crippen LogP contribution >= 0.6 is 11.3 Å². The first-order valence-corrected chi connectivity index (χ1v) is 8.87. The van der Waals surface area contributed by atoms with Crippen LogP contribution < -0.4 is 10.9 Å². The van der Waals surface area contributed by atoms with E-state index in [0.717, 1.165) is 11.6 Å². The standard InChI is InChI=1S/C17H12F3N5O3S/c18-17(19,20)11-3-4-13(14(6-11)25(27)28)23-24-15(26)7-12-9-29-16(22-12)10-2-1-5-21-8-10/h1-6,8-9,23H,7H2,(H,24,26). The molecular weight excluding hydrogens is 411 g/mol. The van der Waals surface area contributed by atoms with Gasteiger partial charge in [-0.15, -0.1) is 11.3 Å². The van der Waals surface area contributed by atoms with Crippen LogP contribution in [0.2, 0.25) is 0 Å². The predicted molar refractivity (Wildman–Crippen MR) is 98.9 cm³/mol. The van der Waals surface area contributed by atoms with Gasteiger partial charge in [-0.25, -0.2) is 4.98 Å². The molecule has 29 heavy (non-hydrogen) atoms. The van der Waals surface area contributed by atoms with Crippen LogP contribution in [0.15, 0.2) is 48.1 Å². The first-order valence-electron chi connectivity index (χ1n) is 7.99. The summed E-state index contributed by atoms with van der Waals surface area (Å²) in [4.78, 5) is 30.5. The van der Waals surface area contributed by atoms with Gasteiger partial charge in [-0.1, -0.05) is 0 Å². The molecule has 0 aliphatic carbocycles. The first-order chi connectivity index (χ1) is 13.7. The number of nitro groups is 1. The number of hydrazine groups is 1. The van der Waals surface area contributed by atoms with Gasteiger partial charge in [0.1, 0.15) is 10.7 Å². The normalized spacial score (nSPS) is 11.1. The zero-order valence-corrected chi connectivity index (χ0v) is 15.3. The summed E-state index contributed by atoms with van der Waals surface area (Å²) in [5.74, 6) is -0.567. The molecule has 2 N–H and O–H groups in total. The van der Waals surface area contributed by atoms with Crippen molar-refractivity contribution in [2.45, 2.75) is 12.6 Å². The molecule has 0 saturated carbocycles. The predicted octanol–water partition coefficient (Wildman–Crippen LogP) is 3.82. The summed E-state index contributed by atoms with van der Waals surface area (Å²) in [7, 11) is 0. The van der Waals surface area contributed by atoms with Crippen molar-refractivity contribution < 1.29 is 22.9 Å². The van der Waals surface area contributed by atoms with Gasteiger partial charge in [0.25, 0.3) is 5.69 Å². The number of carbonyl (C=O) groups excluding carboxylic acids is 1. The Kier molecular flexibility index (Phi) is 5.73. The Balaban J connectivity index is 1.65. The minimum Gasteiger partial charge on any atom is -0.292 e. The molecule has 3 rings (SSSR count). The van der Waals surface area contributed by atoms with E-state index in [1.807, 2.05) is 6.07 Å². The molecule has 0 atom stereocenters. The van der Waals surface area contributed by atoms with Crippen LogP contribution in [0.4, 0.5) is 24.5 Å². The van der Waals surface area contributed by atoms with Gasteiger partial charge in [0.2, 0.25) is 5.91 Å². The number of rotatable bonds is 6. The van der Waals surface area contributed by atoms with Crippen molar-refractivity contribution in [3.63, 3.8) is 0 Å². The molecule has 0 bridgehead atoms. The number of carbonyl (C=O) groups is 1. The quantitative estimate of drug-likeness (QED) is 0.461. The second kappa shape index (κ2) is 8.22. The lowest BCUT2D eigenvalue weighted by Crippen LogP contribution is -2.31. The lowest BCUT2D eigenvalue weighted by Gasteiger charge is -2.11. The Bertz CT molecular complexity index is 1040. The molecule has 1 aromatic carbocycles. The minimum absolute atomic E-state index is 0.127. The van der Waals surface area contributed by atoms with E-state index in [1.54, 1.807) is 23.8 Å². The topological polar surface area (TPSA) is 110 Å². The summed E-state index contributed by atoms with van der Waals surface area (Å²) in [5.41, 5.74) is 3.53. The summed E-state index contributed by atoms with van der Waals surface area (Å²) >= 11 is 1.32. The van der Waals surface area contributed by atoms with E-state index in [1.165, 1.54) is 11.3 Å². The van der Waals surface area contributed by atoms with E-state index < -0.39 is 28.3 Å². The summed E-state index contributed by atoms with van der Waals surface area (Å²) in [5, 5.41) is 13.4. The summed E-state index contributed by atoms with van der Waals surface area (Å²) < 4.78 is 38.2. The Morgan fingerprint density at radius 2 is 2.07 bits per heavy atom. The summed E-state index contributed by atoms with van der Waals surface area (Å²) in [6.07, 6.45) is -1.59. The lowest BCUT2D eigenvalue weighted by molar-refractivity contribution is -0.384. The van der Waals surface area contributed by atoms with E-state index >= 15 is 0 Å². The van der Waals surface area contributed by atoms with Crippen molar-refractivity contribution in [2.24, 2.45) is 0 Å². The van der Waals surface area contributed by atoms with Gasteiger partial charge in [0, 0.05) is 29.4 Å². The molecule has 0 fully saturated rings. The van der Waals surface area contributed by atoms with Crippen LogP contribution in [0.3, 0.4) is 0 Å². The fourth-order valence-electron chi connectivity index (χ4n) is 2.32. The van der Waals surface area contributed by atoms with Crippen molar-refractivity contribution in [2.75, 3.05) is 5.43 Å². The highest BCUT2D eigenvalue weighted by Gasteiger charge is 2.33.